The molecule has 0 spiro atoms. The fourth-order valence-electron chi connectivity index (χ4n) is 1.46. The summed E-state index contributed by atoms with van der Waals surface area (Å²) in [5, 5.41) is 3.05. The van der Waals surface area contributed by atoms with Gasteiger partial charge in [0.25, 0.3) is 5.56 Å². The number of halogens is 1. The van der Waals surface area contributed by atoms with Crippen LogP contribution in [0.5, 0.6) is 0 Å². The number of H-pyrrole nitrogens is 1. The van der Waals surface area contributed by atoms with Crippen molar-refractivity contribution in [2.24, 2.45) is 0 Å². The molecule has 0 atom stereocenters. The minimum absolute atomic E-state index is 0.170. The summed E-state index contributed by atoms with van der Waals surface area (Å²) in [7, 11) is 1.57. The van der Waals surface area contributed by atoms with Gasteiger partial charge in [-0.15, -0.1) is 0 Å². The molecule has 1 aromatic heterocycles. The first-order valence-corrected chi connectivity index (χ1v) is 6.38. The van der Waals surface area contributed by atoms with Gasteiger partial charge < -0.3 is 10.1 Å². The molecule has 5 nitrogen and oxygen atoms in total. The lowest BCUT2D eigenvalue weighted by molar-refractivity contribution is 0.180. The molecule has 0 saturated carbocycles. The first-order chi connectivity index (χ1) is 8.70. The number of aromatic amines is 1. The fourth-order valence-corrected chi connectivity index (χ4v) is 1.87. The summed E-state index contributed by atoms with van der Waals surface area (Å²) in [6, 6.07) is 9.53. The van der Waals surface area contributed by atoms with E-state index in [1.165, 1.54) is 0 Å². The molecule has 0 aliphatic carbocycles. The van der Waals surface area contributed by atoms with E-state index < -0.39 is 0 Å². The molecule has 94 valence electrons. The van der Waals surface area contributed by atoms with Crippen LogP contribution in [0.25, 0.3) is 0 Å². The Kier molecular flexibility index (Phi) is 4.32. The monoisotopic (exact) mass is 357 g/mol. The molecule has 1 heterocycles. The second kappa shape index (κ2) is 5.96. The maximum atomic E-state index is 11.7. The number of nitrogens with one attached hydrogen (secondary N) is 2. The van der Waals surface area contributed by atoms with Crippen LogP contribution in [-0.4, -0.2) is 17.1 Å². The summed E-state index contributed by atoms with van der Waals surface area (Å²) in [6.07, 6.45) is 0. The third-order valence-electron chi connectivity index (χ3n) is 2.25. The van der Waals surface area contributed by atoms with E-state index in [2.05, 4.69) is 15.3 Å². The van der Waals surface area contributed by atoms with Gasteiger partial charge >= 0.3 is 0 Å². The number of methoxy groups -OCH3 is 1. The Labute approximate surface area is 118 Å². The molecule has 0 aliphatic rings. The van der Waals surface area contributed by atoms with Crippen molar-refractivity contribution in [3.8, 4) is 0 Å². The van der Waals surface area contributed by atoms with Crippen molar-refractivity contribution in [1.82, 2.24) is 9.97 Å². The van der Waals surface area contributed by atoms with Crippen LogP contribution in [0.15, 0.2) is 35.1 Å². The van der Waals surface area contributed by atoms with E-state index in [1.807, 2.05) is 52.9 Å². The number of nitrogens with zero attached hydrogens (tertiary/aromatic N) is 1. The number of anilines is 2. The lowest BCUT2D eigenvalue weighted by atomic mass is 10.3. The van der Waals surface area contributed by atoms with Crippen molar-refractivity contribution in [3.05, 3.63) is 49.9 Å². The smallest absolute Gasteiger partial charge is 0.266 e. The fraction of sp³-hybridized carbons (Fsp3) is 0.167. The van der Waals surface area contributed by atoms with E-state index in [9.17, 15) is 4.79 Å². The van der Waals surface area contributed by atoms with Gasteiger partial charge in [-0.2, -0.15) is 0 Å². The molecule has 2 aromatic rings. The third-order valence-corrected chi connectivity index (χ3v) is 3.36. The molecule has 18 heavy (non-hydrogen) atoms. The van der Waals surface area contributed by atoms with Crippen molar-refractivity contribution in [3.63, 3.8) is 0 Å². The summed E-state index contributed by atoms with van der Waals surface area (Å²) in [4.78, 5) is 18.7. The SMILES string of the molecule is COCc1nc(Nc2ccccc2)[nH]c(=O)c1I. The van der Waals surface area contributed by atoms with Gasteiger partial charge in [0.2, 0.25) is 5.95 Å². The Morgan fingerprint density at radius 3 is 2.78 bits per heavy atom. The summed E-state index contributed by atoms with van der Waals surface area (Å²) in [5.41, 5.74) is 1.32. The second-order valence-corrected chi connectivity index (χ2v) is 4.68. The highest BCUT2D eigenvalue weighted by molar-refractivity contribution is 14.1. The highest BCUT2D eigenvalue weighted by Crippen LogP contribution is 2.13. The molecule has 0 bridgehead atoms. The molecule has 0 amide bonds. The van der Waals surface area contributed by atoms with Crippen LogP contribution in [0.4, 0.5) is 11.6 Å². The Hall–Kier alpha value is -1.41. The molecule has 0 aliphatic heterocycles. The zero-order valence-corrected chi connectivity index (χ0v) is 11.9. The predicted octanol–water partition coefficient (Wildman–Crippen LogP) is 2.26. The van der Waals surface area contributed by atoms with E-state index >= 15 is 0 Å². The minimum Gasteiger partial charge on any atom is -0.378 e. The van der Waals surface area contributed by atoms with Crippen molar-refractivity contribution >= 4 is 34.2 Å². The molecule has 2 rings (SSSR count). The van der Waals surface area contributed by atoms with Crippen molar-refractivity contribution in [1.29, 1.82) is 0 Å². The molecule has 0 unspecified atom stereocenters. The van der Waals surface area contributed by atoms with Gasteiger partial charge in [0.05, 0.1) is 12.3 Å². The molecule has 6 heteroatoms. The number of hydrogen-bond donors (Lipinski definition) is 2. The second-order valence-electron chi connectivity index (χ2n) is 3.60. The number of aromatic nitrogens is 2. The molecule has 1 aromatic carbocycles. The zero-order valence-electron chi connectivity index (χ0n) is 9.74. The lowest BCUT2D eigenvalue weighted by Crippen LogP contribution is -2.17. The normalized spacial score (nSPS) is 10.3. The summed E-state index contributed by atoms with van der Waals surface area (Å²) >= 11 is 1.96. The van der Waals surface area contributed by atoms with Crippen LogP contribution in [0.3, 0.4) is 0 Å². The number of ether oxygens (including phenoxy) is 1. The van der Waals surface area contributed by atoms with Gasteiger partial charge in [-0.3, -0.25) is 9.78 Å². The lowest BCUT2D eigenvalue weighted by Gasteiger charge is -2.08. The van der Waals surface area contributed by atoms with Gasteiger partial charge in [0.1, 0.15) is 3.57 Å². The van der Waals surface area contributed by atoms with E-state index in [1.54, 1.807) is 7.11 Å². The Morgan fingerprint density at radius 1 is 1.39 bits per heavy atom. The third kappa shape index (κ3) is 3.08. The van der Waals surface area contributed by atoms with Crippen LogP contribution < -0.4 is 10.9 Å². The number of benzene rings is 1. The van der Waals surface area contributed by atoms with E-state index in [-0.39, 0.29) is 5.56 Å². The largest absolute Gasteiger partial charge is 0.378 e. The molecular weight excluding hydrogens is 345 g/mol. The summed E-state index contributed by atoms with van der Waals surface area (Å²) in [6.45, 7) is 0.311. The maximum absolute atomic E-state index is 11.7. The molecule has 2 N–H and O–H groups in total. The topological polar surface area (TPSA) is 67.0 Å². The zero-order chi connectivity index (χ0) is 13.0. The first-order valence-electron chi connectivity index (χ1n) is 5.30. The van der Waals surface area contributed by atoms with Crippen molar-refractivity contribution in [2.75, 3.05) is 12.4 Å². The number of rotatable bonds is 4. The molecule has 0 radical (unpaired) electrons. The Morgan fingerprint density at radius 2 is 2.11 bits per heavy atom. The standard InChI is InChI=1S/C12H12IN3O2/c1-18-7-9-10(13)11(17)16-12(15-9)14-8-5-3-2-4-6-8/h2-6H,7H2,1H3,(H2,14,15,16,17). The molecule has 0 fully saturated rings. The average molecular weight is 357 g/mol. The van der Waals surface area contributed by atoms with E-state index in [0.717, 1.165) is 5.69 Å². The Balaban J connectivity index is 2.32. The predicted molar refractivity (Wildman–Crippen MR) is 78.0 cm³/mol. The average Bonchev–Trinajstić information content (AvgIpc) is 2.37. The minimum atomic E-state index is -0.170. The highest BCUT2D eigenvalue weighted by atomic mass is 127. The number of hydrogen-bond acceptors (Lipinski definition) is 4. The summed E-state index contributed by atoms with van der Waals surface area (Å²) < 4.78 is 5.57. The van der Waals surface area contributed by atoms with Gasteiger partial charge in [-0.25, -0.2) is 4.98 Å². The van der Waals surface area contributed by atoms with Gasteiger partial charge in [0, 0.05) is 12.8 Å². The van der Waals surface area contributed by atoms with Gasteiger partial charge in [-0.05, 0) is 34.7 Å². The first kappa shape index (κ1) is 13.0. The van der Waals surface area contributed by atoms with Crippen LogP contribution in [0.1, 0.15) is 5.69 Å². The Bertz CT molecular complexity index is 584. The summed E-state index contributed by atoms with van der Waals surface area (Å²) in [5.74, 6) is 0.415. The maximum Gasteiger partial charge on any atom is 0.266 e. The van der Waals surface area contributed by atoms with Crippen LogP contribution in [0.2, 0.25) is 0 Å². The highest BCUT2D eigenvalue weighted by Gasteiger charge is 2.08. The van der Waals surface area contributed by atoms with Crippen molar-refractivity contribution < 1.29 is 4.74 Å². The van der Waals surface area contributed by atoms with Crippen LogP contribution in [0, 0.1) is 3.57 Å². The molecule has 0 saturated heterocycles. The van der Waals surface area contributed by atoms with Crippen LogP contribution in [-0.2, 0) is 11.3 Å². The quantitative estimate of drug-likeness (QED) is 0.824. The van der Waals surface area contributed by atoms with Crippen molar-refractivity contribution in [2.45, 2.75) is 6.61 Å². The van der Waals surface area contributed by atoms with Gasteiger partial charge in [-0.1, -0.05) is 18.2 Å². The van der Waals surface area contributed by atoms with E-state index in [4.69, 9.17) is 4.74 Å². The molecular formula is C12H12IN3O2. The van der Waals surface area contributed by atoms with Gasteiger partial charge in [0.15, 0.2) is 0 Å². The number of para-hydroxylation sites is 1. The van der Waals surface area contributed by atoms with E-state index in [0.29, 0.717) is 21.8 Å². The van der Waals surface area contributed by atoms with Crippen LogP contribution >= 0.6 is 22.6 Å².